The summed E-state index contributed by atoms with van der Waals surface area (Å²) < 4.78 is 26.6. The first-order valence-corrected chi connectivity index (χ1v) is 10.4. The summed E-state index contributed by atoms with van der Waals surface area (Å²) in [5.41, 5.74) is 0.515. The normalized spacial score (nSPS) is 10.5. The van der Waals surface area contributed by atoms with E-state index in [1.54, 1.807) is 55.5 Å². The third-order valence-electron chi connectivity index (χ3n) is 4.82. The van der Waals surface area contributed by atoms with Gasteiger partial charge in [-0.2, -0.15) is 0 Å². The maximum Gasteiger partial charge on any atom is 0.343 e. The van der Waals surface area contributed by atoms with Gasteiger partial charge in [0.1, 0.15) is 29.1 Å². The van der Waals surface area contributed by atoms with Crippen molar-refractivity contribution >= 4 is 22.9 Å². The van der Waals surface area contributed by atoms with E-state index in [2.05, 4.69) is 0 Å². The molecule has 172 valence electrons. The smallest absolute Gasteiger partial charge is 0.343 e. The first-order chi connectivity index (χ1) is 16.5. The second kappa shape index (κ2) is 9.91. The van der Waals surface area contributed by atoms with Gasteiger partial charge in [-0.15, -0.1) is 0 Å². The molecule has 34 heavy (non-hydrogen) atoms. The van der Waals surface area contributed by atoms with E-state index in [1.165, 1.54) is 31.6 Å². The van der Waals surface area contributed by atoms with Crippen LogP contribution >= 0.6 is 0 Å². The number of hydrogen-bond donors (Lipinski definition) is 0. The molecule has 0 atom stereocenters. The lowest BCUT2D eigenvalue weighted by Crippen LogP contribution is -2.09. The van der Waals surface area contributed by atoms with E-state index in [4.69, 9.17) is 23.4 Å². The molecule has 0 aliphatic heterocycles. The van der Waals surface area contributed by atoms with E-state index < -0.39 is 17.4 Å². The van der Waals surface area contributed by atoms with Crippen LogP contribution in [0.4, 0.5) is 0 Å². The van der Waals surface area contributed by atoms with E-state index in [9.17, 15) is 14.4 Å². The van der Waals surface area contributed by atoms with Crippen molar-refractivity contribution in [2.24, 2.45) is 0 Å². The fraction of sp³-hybridized carbons (Fsp3) is 0.115. The van der Waals surface area contributed by atoms with Crippen molar-refractivity contribution in [3.63, 3.8) is 0 Å². The minimum Gasteiger partial charge on any atom is -0.497 e. The van der Waals surface area contributed by atoms with Gasteiger partial charge in [0.05, 0.1) is 30.2 Å². The Hall–Kier alpha value is -4.59. The van der Waals surface area contributed by atoms with Crippen molar-refractivity contribution in [3.8, 4) is 23.0 Å². The fourth-order valence-electron chi connectivity index (χ4n) is 3.14. The van der Waals surface area contributed by atoms with Crippen molar-refractivity contribution in [1.29, 1.82) is 0 Å². The van der Waals surface area contributed by atoms with Crippen molar-refractivity contribution in [1.82, 2.24) is 0 Å². The van der Waals surface area contributed by atoms with E-state index in [0.29, 0.717) is 22.6 Å². The molecule has 8 heteroatoms. The minimum absolute atomic E-state index is 0.0301. The fourth-order valence-corrected chi connectivity index (χ4v) is 3.14. The van der Waals surface area contributed by atoms with Gasteiger partial charge in [0.15, 0.2) is 0 Å². The van der Waals surface area contributed by atoms with Gasteiger partial charge in [-0.25, -0.2) is 9.59 Å². The van der Waals surface area contributed by atoms with Crippen LogP contribution in [0.5, 0.6) is 23.0 Å². The molecular weight excluding hydrogens is 440 g/mol. The average molecular weight is 460 g/mol. The lowest BCUT2D eigenvalue weighted by molar-refractivity contribution is 0.0526. The molecule has 1 heterocycles. The van der Waals surface area contributed by atoms with Gasteiger partial charge >= 0.3 is 11.9 Å². The van der Waals surface area contributed by atoms with Crippen LogP contribution < -0.4 is 19.6 Å². The summed E-state index contributed by atoms with van der Waals surface area (Å²) >= 11 is 0. The minimum atomic E-state index is -0.577. The standard InChI is InChI=1S/C26H20O8/c1-3-31-25(28)16-7-9-18(10-8-16)33-23-15-32-22-14-20(11-12-21(22)24(23)27)34-26(29)17-5-4-6-19(13-17)30-2/h4-15H,3H2,1-2H3. The van der Waals surface area contributed by atoms with Crippen molar-refractivity contribution in [2.45, 2.75) is 6.92 Å². The molecule has 8 nitrogen and oxygen atoms in total. The van der Waals surface area contributed by atoms with Gasteiger partial charge in [-0.3, -0.25) is 4.79 Å². The predicted molar refractivity (Wildman–Crippen MR) is 123 cm³/mol. The molecule has 0 bridgehead atoms. The SMILES string of the molecule is CCOC(=O)c1ccc(Oc2coc3cc(OC(=O)c4cccc(OC)c4)ccc3c2=O)cc1. The Bertz CT molecular complexity index is 1400. The molecule has 0 fully saturated rings. The van der Waals surface area contributed by atoms with E-state index in [-0.39, 0.29) is 29.1 Å². The molecule has 4 rings (SSSR count). The van der Waals surface area contributed by atoms with Gasteiger partial charge in [0.25, 0.3) is 0 Å². The summed E-state index contributed by atoms with van der Waals surface area (Å²) in [7, 11) is 1.51. The Morgan fingerprint density at radius 3 is 2.35 bits per heavy atom. The third kappa shape index (κ3) is 4.91. The number of fused-ring (bicyclic) bond motifs is 1. The number of carbonyl (C=O) groups excluding carboxylic acids is 2. The van der Waals surface area contributed by atoms with Gasteiger partial charge in [-0.1, -0.05) is 6.07 Å². The first-order valence-electron chi connectivity index (χ1n) is 10.4. The van der Waals surface area contributed by atoms with Crippen LogP contribution in [0.2, 0.25) is 0 Å². The zero-order valence-electron chi connectivity index (χ0n) is 18.4. The molecule has 0 amide bonds. The number of rotatable bonds is 7. The highest BCUT2D eigenvalue weighted by Gasteiger charge is 2.14. The largest absolute Gasteiger partial charge is 0.497 e. The highest BCUT2D eigenvalue weighted by atomic mass is 16.5. The molecule has 1 aromatic heterocycles. The zero-order valence-corrected chi connectivity index (χ0v) is 18.4. The lowest BCUT2D eigenvalue weighted by atomic mass is 10.2. The Kier molecular flexibility index (Phi) is 6.59. The van der Waals surface area contributed by atoms with Crippen molar-refractivity contribution < 1.29 is 33.0 Å². The summed E-state index contributed by atoms with van der Waals surface area (Å²) in [6, 6.07) is 17.2. The molecule has 0 radical (unpaired) electrons. The van der Waals surface area contributed by atoms with Gasteiger partial charge in [0.2, 0.25) is 11.2 Å². The van der Waals surface area contributed by atoms with Gasteiger partial charge in [0, 0.05) is 6.07 Å². The number of carbonyl (C=O) groups is 2. The summed E-state index contributed by atoms with van der Waals surface area (Å²) in [5, 5.41) is 0.252. The predicted octanol–water partition coefficient (Wildman–Crippen LogP) is 4.99. The van der Waals surface area contributed by atoms with E-state index in [1.807, 2.05) is 0 Å². The molecule has 0 aliphatic carbocycles. The maximum absolute atomic E-state index is 12.8. The number of esters is 2. The zero-order chi connectivity index (χ0) is 24.1. The summed E-state index contributed by atoms with van der Waals surface area (Å²) in [6.07, 6.45) is 1.18. The van der Waals surface area contributed by atoms with Crippen LogP contribution in [0.25, 0.3) is 11.0 Å². The summed E-state index contributed by atoms with van der Waals surface area (Å²) in [5.74, 6) is 0.0451. The second-order valence-electron chi connectivity index (χ2n) is 7.06. The van der Waals surface area contributed by atoms with E-state index in [0.717, 1.165) is 0 Å². The Morgan fingerprint density at radius 2 is 1.62 bits per heavy atom. The van der Waals surface area contributed by atoms with Gasteiger partial charge in [-0.05, 0) is 61.5 Å². The molecule has 0 spiro atoms. The Labute approximate surface area is 194 Å². The maximum atomic E-state index is 12.8. The number of benzene rings is 3. The molecule has 0 saturated heterocycles. The van der Waals surface area contributed by atoms with Crippen LogP contribution in [0.3, 0.4) is 0 Å². The van der Waals surface area contributed by atoms with Crippen LogP contribution in [-0.2, 0) is 4.74 Å². The molecule has 0 aliphatic rings. The van der Waals surface area contributed by atoms with Crippen LogP contribution in [-0.4, -0.2) is 25.7 Å². The molecule has 3 aromatic carbocycles. The van der Waals surface area contributed by atoms with Crippen LogP contribution in [0.1, 0.15) is 27.6 Å². The number of ether oxygens (including phenoxy) is 4. The number of methoxy groups -OCH3 is 1. The molecule has 0 saturated carbocycles. The lowest BCUT2D eigenvalue weighted by Gasteiger charge is -2.08. The summed E-state index contributed by atoms with van der Waals surface area (Å²) in [6.45, 7) is 2.00. The van der Waals surface area contributed by atoms with Crippen molar-refractivity contribution in [2.75, 3.05) is 13.7 Å². The molecule has 0 N–H and O–H groups in total. The van der Waals surface area contributed by atoms with Crippen molar-refractivity contribution in [3.05, 3.63) is 94.3 Å². The molecule has 4 aromatic rings. The van der Waals surface area contributed by atoms with Crippen LogP contribution in [0, 0.1) is 0 Å². The average Bonchev–Trinajstić information content (AvgIpc) is 2.86. The topological polar surface area (TPSA) is 101 Å². The summed E-state index contributed by atoms with van der Waals surface area (Å²) in [4.78, 5) is 37.0. The second-order valence-corrected chi connectivity index (χ2v) is 7.06. The number of hydrogen-bond acceptors (Lipinski definition) is 8. The van der Waals surface area contributed by atoms with Crippen LogP contribution in [0.15, 0.2) is 82.2 Å². The quantitative estimate of drug-likeness (QED) is 0.281. The molecule has 0 unspecified atom stereocenters. The highest BCUT2D eigenvalue weighted by molar-refractivity contribution is 5.92. The Balaban J connectivity index is 1.52. The van der Waals surface area contributed by atoms with Gasteiger partial charge < -0.3 is 23.4 Å². The molecular formula is C26H20O8. The van der Waals surface area contributed by atoms with E-state index >= 15 is 0 Å². The third-order valence-corrected chi connectivity index (χ3v) is 4.82. The first kappa shape index (κ1) is 22.6. The monoisotopic (exact) mass is 460 g/mol. The Morgan fingerprint density at radius 1 is 0.853 bits per heavy atom. The highest BCUT2D eigenvalue weighted by Crippen LogP contribution is 2.25.